The summed E-state index contributed by atoms with van der Waals surface area (Å²) in [4.78, 5) is 0. The number of benzene rings is 1. The highest BCUT2D eigenvalue weighted by Gasteiger charge is 2.16. The van der Waals surface area contributed by atoms with Gasteiger partial charge in [-0.2, -0.15) is 0 Å². The van der Waals surface area contributed by atoms with Crippen LogP contribution < -0.4 is 5.32 Å². The third kappa shape index (κ3) is 5.33. The Labute approximate surface area is 105 Å². The molecule has 2 nitrogen and oxygen atoms in total. The molecule has 0 heterocycles. The summed E-state index contributed by atoms with van der Waals surface area (Å²) in [7, 11) is 0. The summed E-state index contributed by atoms with van der Waals surface area (Å²) in [6.45, 7) is 10.7. The van der Waals surface area contributed by atoms with Gasteiger partial charge in [0, 0.05) is 19.7 Å². The number of aliphatic hydroxyl groups excluding tert-OH is 1. The van der Waals surface area contributed by atoms with Crippen LogP contribution in [0.4, 0.5) is 0 Å². The molecule has 0 amide bonds. The van der Waals surface area contributed by atoms with Crippen LogP contribution in [0.15, 0.2) is 18.2 Å². The molecular weight excluding hydrogens is 210 g/mol. The fourth-order valence-electron chi connectivity index (χ4n) is 2.11. The van der Waals surface area contributed by atoms with Gasteiger partial charge in [-0.25, -0.2) is 0 Å². The Morgan fingerprint density at radius 1 is 1.12 bits per heavy atom. The van der Waals surface area contributed by atoms with Crippen LogP contribution in [0.3, 0.4) is 0 Å². The maximum Gasteiger partial charge on any atom is 0.0436 e. The molecule has 0 aliphatic rings. The van der Waals surface area contributed by atoms with E-state index in [9.17, 15) is 0 Å². The Morgan fingerprint density at radius 3 is 2.24 bits per heavy atom. The van der Waals surface area contributed by atoms with Gasteiger partial charge in [0.15, 0.2) is 0 Å². The summed E-state index contributed by atoms with van der Waals surface area (Å²) in [5.41, 5.74) is 4.13. The summed E-state index contributed by atoms with van der Waals surface area (Å²) in [5, 5.41) is 12.4. The minimum Gasteiger partial charge on any atom is -0.396 e. The van der Waals surface area contributed by atoms with E-state index in [1.54, 1.807) is 0 Å². The van der Waals surface area contributed by atoms with Crippen LogP contribution in [0.5, 0.6) is 0 Å². The standard InChI is InChI=1S/C15H25NO/c1-12-7-13(2)9-14(8-12)10-16-11-15(3,4)5-6-17/h7-9,16-17H,5-6,10-11H2,1-4H3. The van der Waals surface area contributed by atoms with Crippen molar-refractivity contribution >= 4 is 0 Å². The predicted octanol–water partition coefficient (Wildman–Crippen LogP) is 2.80. The van der Waals surface area contributed by atoms with E-state index in [1.165, 1.54) is 16.7 Å². The van der Waals surface area contributed by atoms with Crippen molar-refractivity contribution in [1.29, 1.82) is 0 Å². The fourth-order valence-corrected chi connectivity index (χ4v) is 2.11. The highest BCUT2D eigenvalue weighted by molar-refractivity contribution is 5.28. The molecule has 1 rings (SSSR count). The highest BCUT2D eigenvalue weighted by Crippen LogP contribution is 2.18. The molecule has 0 unspecified atom stereocenters. The molecule has 0 saturated heterocycles. The van der Waals surface area contributed by atoms with Gasteiger partial charge in [-0.1, -0.05) is 43.2 Å². The lowest BCUT2D eigenvalue weighted by Gasteiger charge is -2.24. The lowest BCUT2D eigenvalue weighted by molar-refractivity contribution is 0.207. The summed E-state index contributed by atoms with van der Waals surface area (Å²) in [5.74, 6) is 0. The van der Waals surface area contributed by atoms with E-state index in [0.717, 1.165) is 19.5 Å². The Morgan fingerprint density at radius 2 is 1.71 bits per heavy atom. The molecule has 0 bridgehead atoms. The molecule has 0 aliphatic heterocycles. The van der Waals surface area contributed by atoms with Gasteiger partial charge in [-0.15, -0.1) is 0 Å². The lowest BCUT2D eigenvalue weighted by Crippen LogP contribution is -2.29. The topological polar surface area (TPSA) is 32.3 Å². The van der Waals surface area contributed by atoms with Gasteiger partial charge < -0.3 is 10.4 Å². The Kier molecular flexibility index (Phi) is 5.16. The predicted molar refractivity (Wildman–Crippen MR) is 73.1 cm³/mol. The highest BCUT2D eigenvalue weighted by atomic mass is 16.3. The van der Waals surface area contributed by atoms with Crippen molar-refractivity contribution in [1.82, 2.24) is 5.32 Å². The van der Waals surface area contributed by atoms with Gasteiger partial charge in [-0.3, -0.25) is 0 Å². The minimum absolute atomic E-state index is 0.160. The Hall–Kier alpha value is -0.860. The number of nitrogens with one attached hydrogen (secondary N) is 1. The van der Waals surface area contributed by atoms with Crippen molar-refractivity contribution in [2.45, 2.75) is 40.7 Å². The van der Waals surface area contributed by atoms with Crippen LogP contribution in [0, 0.1) is 19.3 Å². The van der Waals surface area contributed by atoms with Crippen molar-refractivity contribution in [3.63, 3.8) is 0 Å². The van der Waals surface area contributed by atoms with Gasteiger partial charge in [0.05, 0.1) is 0 Å². The normalized spacial score (nSPS) is 11.8. The summed E-state index contributed by atoms with van der Waals surface area (Å²) >= 11 is 0. The van der Waals surface area contributed by atoms with Crippen molar-refractivity contribution < 1.29 is 5.11 Å². The van der Waals surface area contributed by atoms with Crippen LogP contribution in [0.2, 0.25) is 0 Å². The first-order chi connectivity index (χ1) is 7.93. The molecule has 96 valence electrons. The third-order valence-corrected chi connectivity index (χ3v) is 3.00. The molecule has 0 aromatic heterocycles. The molecular formula is C15H25NO. The zero-order chi connectivity index (χ0) is 12.9. The first-order valence-electron chi connectivity index (χ1n) is 6.32. The second-order valence-corrected chi connectivity index (χ2v) is 5.74. The van der Waals surface area contributed by atoms with E-state index in [4.69, 9.17) is 5.11 Å². The number of aryl methyl sites for hydroxylation is 2. The average molecular weight is 235 g/mol. The molecule has 0 fully saturated rings. The maximum absolute atomic E-state index is 8.96. The van der Waals surface area contributed by atoms with Crippen LogP contribution in [-0.4, -0.2) is 18.3 Å². The van der Waals surface area contributed by atoms with Gasteiger partial charge >= 0.3 is 0 Å². The van der Waals surface area contributed by atoms with Crippen LogP contribution in [-0.2, 0) is 6.54 Å². The monoisotopic (exact) mass is 235 g/mol. The molecule has 2 heteroatoms. The molecule has 0 saturated carbocycles. The summed E-state index contributed by atoms with van der Waals surface area (Å²) < 4.78 is 0. The zero-order valence-electron chi connectivity index (χ0n) is 11.5. The molecule has 0 spiro atoms. The molecule has 1 aromatic carbocycles. The van der Waals surface area contributed by atoms with E-state index in [-0.39, 0.29) is 12.0 Å². The fraction of sp³-hybridized carbons (Fsp3) is 0.600. The number of hydrogen-bond acceptors (Lipinski definition) is 2. The van der Waals surface area contributed by atoms with Crippen LogP contribution in [0.1, 0.15) is 37.0 Å². The van der Waals surface area contributed by atoms with E-state index in [0.29, 0.717) is 0 Å². The van der Waals surface area contributed by atoms with E-state index in [2.05, 4.69) is 51.2 Å². The van der Waals surface area contributed by atoms with E-state index in [1.807, 2.05) is 0 Å². The third-order valence-electron chi connectivity index (χ3n) is 3.00. The molecule has 2 N–H and O–H groups in total. The molecule has 17 heavy (non-hydrogen) atoms. The average Bonchev–Trinajstić information content (AvgIpc) is 2.15. The van der Waals surface area contributed by atoms with Crippen LogP contribution >= 0.6 is 0 Å². The Balaban J connectivity index is 2.45. The largest absolute Gasteiger partial charge is 0.396 e. The van der Waals surface area contributed by atoms with Crippen molar-refractivity contribution in [2.75, 3.05) is 13.2 Å². The number of hydrogen-bond donors (Lipinski definition) is 2. The van der Waals surface area contributed by atoms with Crippen LogP contribution in [0.25, 0.3) is 0 Å². The quantitative estimate of drug-likeness (QED) is 0.794. The van der Waals surface area contributed by atoms with Crippen molar-refractivity contribution in [3.05, 3.63) is 34.9 Å². The second kappa shape index (κ2) is 6.18. The molecule has 0 aliphatic carbocycles. The minimum atomic E-state index is 0.160. The Bertz CT molecular complexity index is 338. The zero-order valence-corrected chi connectivity index (χ0v) is 11.5. The van der Waals surface area contributed by atoms with E-state index >= 15 is 0 Å². The van der Waals surface area contributed by atoms with E-state index < -0.39 is 0 Å². The van der Waals surface area contributed by atoms with Gasteiger partial charge in [0.25, 0.3) is 0 Å². The summed E-state index contributed by atoms with van der Waals surface area (Å²) in [6.07, 6.45) is 0.840. The SMILES string of the molecule is Cc1cc(C)cc(CNCC(C)(C)CCO)c1. The second-order valence-electron chi connectivity index (χ2n) is 5.74. The lowest BCUT2D eigenvalue weighted by atomic mass is 9.89. The smallest absolute Gasteiger partial charge is 0.0436 e. The van der Waals surface area contributed by atoms with Gasteiger partial charge in [-0.05, 0) is 31.2 Å². The van der Waals surface area contributed by atoms with Gasteiger partial charge in [0.2, 0.25) is 0 Å². The first kappa shape index (κ1) is 14.2. The number of rotatable bonds is 6. The van der Waals surface area contributed by atoms with Gasteiger partial charge in [0.1, 0.15) is 0 Å². The molecule has 0 radical (unpaired) electrons. The maximum atomic E-state index is 8.96. The molecule has 1 aromatic rings. The first-order valence-corrected chi connectivity index (χ1v) is 6.32. The number of aliphatic hydroxyl groups is 1. The summed E-state index contributed by atoms with van der Waals surface area (Å²) in [6, 6.07) is 6.64. The molecule has 0 atom stereocenters. The van der Waals surface area contributed by atoms with Crippen molar-refractivity contribution in [2.24, 2.45) is 5.41 Å². The van der Waals surface area contributed by atoms with Crippen molar-refractivity contribution in [3.8, 4) is 0 Å².